The Morgan fingerprint density at radius 2 is 1.71 bits per heavy atom. The Labute approximate surface area is 208 Å². The average Bonchev–Trinajstić information content (AvgIpc) is 3.01. The van der Waals surface area contributed by atoms with Crippen molar-refractivity contribution in [3.05, 3.63) is 69.1 Å². The minimum Gasteiger partial charge on any atom is -0.486 e. The Balaban J connectivity index is 1.36. The van der Waals surface area contributed by atoms with E-state index in [0.717, 1.165) is 38.8 Å². The molecule has 0 saturated carbocycles. The number of carbonyl (C=O) groups is 2. The quantitative estimate of drug-likeness (QED) is 0.415. The molecule has 0 unspecified atom stereocenters. The second-order valence-electron chi connectivity index (χ2n) is 8.13. The highest BCUT2D eigenvalue weighted by Gasteiger charge is 2.18. The number of likely N-dealkylation sites (tertiary alicyclic amines) is 1. The lowest BCUT2D eigenvalue weighted by Crippen LogP contribution is -2.35. The topological polar surface area (TPSA) is 83.6 Å². The molecule has 1 fully saturated rings. The molecule has 0 bridgehead atoms. The van der Waals surface area contributed by atoms with Crippen molar-refractivity contribution in [1.29, 1.82) is 0 Å². The summed E-state index contributed by atoms with van der Waals surface area (Å²) in [5.74, 6) is 0.436. The normalized spacial score (nSPS) is 13.8. The van der Waals surface area contributed by atoms with Crippen molar-refractivity contribution in [2.45, 2.75) is 39.2 Å². The molecule has 178 valence electrons. The van der Waals surface area contributed by atoms with E-state index < -0.39 is 0 Å². The number of aryl methyl sites for hydroxylation is 1. The second kappa shape index (κ2) is 11.4. The average molecular weight is 499 g/mol. The van der Waals surface area contributed by atoms with Gasteiger partial charge in [-0.2, -0.15) is 0 Å². The van der Waals surface area contributed by atoms with E-state index in [-0.39, 0.29) is 18.5 Å². The summed E-state index contributed by atoms with van der Waals surface area (Å²) in [7, 11) is 0. The highest BCUT2D eigenvalue weighted by molar-refractivity contribution is 7.13. The number of halogens is 1. The molecule has 34 heavy (non-hydrogen) atoms. The molecule has 0 spiro atoms. The van der Waals surface area contributed by atoms with Gasteiger partial charge in [0.25, 0.3) is 5.91 Å². The van der Waals surface area contributed by atoms with E-state index in [1.807, 2.05) is 11.0 Å². The van der Waals surface area contributed by atoms with Crippen LogP contribution in [0.4, 0.5) is 16.2 Å². The highest BCUT2D eigenvalue weighted by Crippen LogP contribution is 2.24. The summed E-state index contributed by atoms with van der Waals surface area (Å²) >= 11 is 7.19. The van der Waals surface area contributed by atoms with Gasteiger partial charge in [0.15, 0.2) is 0 Å². The molecule has 9 heteroatoms. The number of aromatic nitrogens is 1. The molecular formula is C25H27ClN4O3S. The zero-order valence-corrected chi connectivity index (χ0v) is 20.5. The van der Waals surface area contributed by atoms with Crippen LogP contribution in [0.2, 0.25) is 5.02 Å². The monoisotopic (exact) mass is 498 g/mol. The SMILES string of the molecule is Cc1nc(COc2ccc(Cl)cc2)sc1C(=O)Nc1cccc(NC(=O)N2CCCCCC2)c1. The molecule has 0 aliphatic carbocycles. The summed E-state index contributed by atoms with van der Waals surface area (Å²) in [4.78, 5) is 32.3. The number of benzene rings is 2. The van der Waals surface area contributed by atoms with Gasteiger partial charge in [0, 0.05) is 29.5 Å². The Morgan fingerprint density at radius 1 is 1.03 bits per heavy atom. The van der Waals surface area contributed by atoms with E-state index in [2.05, 4.69) is 15.6 Å². The van der Waals surface area contributed by atoms with E-state index in [1.54, 1.807) is 49.4 Å². The van der Waals surface area contributed by atoms with Crippen LogP contribution in [0.5, 0.6) is 5.75 Å². The van der Waals surface area contributed by atoms with Crippen LogP contribution >= 0.6 is 22.9 Å². The number of hydrogen-bond acceptors (Lipinski definition) is 5. The fraction of sp³-hybridized carbons (Fsp3) is 0.320. The molecule has 3 aromatic rings. The predicted octanol–water partition coefficient (Wildman–Crippen LogP) is 6.34. The number of anilines is 2. The van der Waals surface area contributed by atoms with Gasteiger partial charge in [-0.25, -0.2) is 9.78 Å². The summed E-state index contributed by atoms with van der Waals surface area (Å²) in [6.45, 7) is 3.61. The molecule has 4 rings (SSSR count). The van der Waals surface area contributed by atoms with Gasteiger partial charge in [-0.05, 0) is 62.2 Å². The van der Waals surface area contributed by atoms with Crippen molar-refractivity contribution in [2.75, 3.05) is 23.7 Å². The first kappa shape index (κ1) is 24.0. The van der Waals surface area contributed by atoms with Crippen LogP contribution in [0.1, 0.15) is 46.1 Å². The summed E-state index contributed by atoms with van der Waals surface area (Å²) < 4.78 is 5.74. The van der Waals surface area contributed by atoms with Crippen molar-refractivity contribution < 1.29 is 14.3 Å². The third-order valence-corrected chi connectivity index (χ3v) is 6.87. The van der Waals surface area contributed by atoms with E-state index in [4.69, 9.17) is 16.3 Å². The van der Waals surface area contributed by atoms with Crippen LogP contribution in [-0.2, 0) is 6.61 Å². The smallest absolute Gasteiger partial charge is 0.321 e. The highest BCUT2D eigenvalue weighted by atomic mass is 35.5. The maximum atomic E-state index is 12.9. The molecule has 7 nitrogen and oxygen atoms in total. The summed E-state index contributed by atoms with van der Waals surface area (Å²) in [6, 6.07) is 14.2. The minimum absolute atomic E-state index is 0.103. The summed E-state index contributed by atoms with van der Waals surface area (Å²) in [5, 5.41) is 7.20. The van der Waals surface area contributed by atoms with Crippen molar-refractivity contribution in [3.8, 4) is 5.75 Å². The van der Waals surface area contributed by atoms with E-state index >= 15 is 0 Å². The third-order valence-electron chi connectivity index (χ3n) is 5.49. The molecule has 3 amide bonds. The van der Waals surface area contributed by atoms with Crippen molar-refractivity contribution in [1.82, 2.24) is 9.88 Å². The maximum Gasteiger partial charge on any atom is 0.321 e. The lowest BCUT2D eigenvalue weighted by atomic mass is 10.2. The molecule has 1 aromatic heterocycles. The zero-order chi connectivity index (χ0) is 23.9. The second-order valence-corrected chi connectivity index (χ2v) is 9.65. The Hall–Kier alpha value is -3.10. The maximum absolute atomic E-state index is 12.9. The van der Waals surface area contributed by atoms with Gasteiger partial charge in [-0.15, -0.1) is 11.3 Å². The van der Waals surface area contributed by atoms with E-state index in [9.17, 15) is 9.59 Å². The van der Waals surface area contributed by atoms with Crippen molar-refractivity contribution in [3.63, 3.8) is 0 Å². The first-order chi connectivity index (χ1) is 16.5. The van der Waals surface area contributed by atoms with Gasteiger partial charge >= 0.3 is 6.03 Å². The van der Waals surface area contributed by atoms with E-state index in [0.29, 0.717) is 37.7 Å². The number of carbonyl (C=O) groups excluding carboxylic acids is 2. The van der Waals surface area contributed by atoms with Crippen molar-refractivity contribution in [2.24, 2.45) is 0 Å². The summed E-state index contributed by atoms with van der Waals surface area (Å²) in [6.07, 6.45) is 4.39. The van der Waals surface area contributed by atoms with Gasteiger partial charge < -0.3 is 20.3 Å². The molecule has 2 N–H and O–H groups in total. The van der Waals surface area contributed by atoms with E-state index in [1.165, 1.54) is 11.3 Å². The van der Waals surface area contributed by atoms with Crippen LogP contribution < -0.4 is 15.4 Å². The lowest BCUT2D eigenvalue weighted by molar-refractivity contribution is 0.103. The molecule has 2 aromatic carbocycles. The number of nitrogens with one attached hydrogen (secondary N) is 2. The number of nitrogens with zero attached hydrogens (tertiary/aromatic N) is 2. The molecular weight excluding hydrogens is 472 g/mol. The molecule has 1 aliphatic heterocycles. The first-order valence-electron chi connectivity index (χ1n) is 11.3. The number of rotatable bonds is 6. The van der Waals surface area contributed by atoms with Crippen LogP contribution in [0.3, 0.4) is 0 Å². The van der Waals surface area contributed by atoms with Crippen LogP contribution in [0.25, 0.3) is 0 Å². The number of amides is 3. The third kappa shape index (κ3) is 6.48. The standard InChI is InChI=1S/C25H27ClN4O3S/c1-17-23(34-22(27-17)16-33-21-11-9-18(26)10-12-21)24(31)28-19-7-6-8-20(15-19)29-25(32)30-13-4-2-3-5-14-30/h6-12,15H,2-5,13-14,16H2,1H3,(H,28,31)(H,29,32). The molecule has 1 saturated heterocycles. The van der Waals surface area contributed by atoms with Gasteiger partial charge in [0.2, 0.25) is 0 Å². The van der Waals surface area contributed by atoms with Gasteiger partial charge in [-0.1, -0.05) is 30.5 Å². The fourth-order valence-corrected chi connectivity index (χ4v) is 4.74. The predicted molar refractivity (Wildman–Crippen MR) is 136 cm³/mol. The van der Waals surface area contributed by atoms with Crippen molar-refractivity contribution >= 4 is 46.3 Å². The van der Waals surface area contributed by atoms with Crippen LogP contribution in [0.15, 0.2) is 48.5 Å². The number of urea groups is 1. The largest absolute Gasteiger partial charge is 0.486 e. The minimum atomic E-state index is -0.247. The number of thiazole rings is 1. The number of ether oxygens (including phenoxy) is 1. The van der Waals surface area contributed by atoms with Crippen LogP contribution in [-0.4, -0.2) is 34.9 Å². The fourth-order valence-electron chi connectivity index (χ4n) is 3.74. The molecule has 1 aliphatic rings. The lowest BCUT2D eigenvalue weighted by Gasteiger charge is -2.21. The van der Waals surface area contributed by atoms with Gasteiger partial charge in [0.1, 0.15) is 22.2 Å². The number of hydrogen-bond donors (Lipinski definition) is 2. The van der Waals surface area contributed by atoms with Gasteiger partial charge in [0.05, 0.1) is 5.69 Å². The molecule has 0 atom stereocenters. The molecule has 0 radical (unpaired) electrons. The molecule has 2 heterocycles. The first-order valence-corrected chi connectivity index (χ1v) is 12.5. The summed E-state index contributed by atoms with van der Waals surface area (Å²) in [5.41, 5.74) is 1.89. The Bertz CT molecular complexity index is 1140. The Kier molecular flexibility index (Phi) is 8.03. The Morgan fingerprint density at radius 3 is 2.41 bits per heavy atom. The van der Waals surface area contributed by atoms with Gasteiger partial charge in [-0.3, -0.25) is 4.79 Å². The zero-order valence-electron chi connectivity index (χ0n) is 19.0. The van der Waals surface area contributed by atoms with Crippen LogP contribution in [0, 0.1) is 6.92 Å².